The summed E-state index contributed by atoms with van der Waals surface area (Å²) < 4.78 is 14.1. The number of fused-ring (bicyclic) bond motifs is 1. The second-order valence-corrected chi connectivity index (χ2v) is 5.68. The molecule has 3 aromatic rings. The van der Waals surface area contributed by atoms with Crippen LogP contribution < -0.4 is 5.73 Å². The molecule has 0 aliphatic rings. The fourth-order valence-corrected chi connectivity index (χ4v) is 3.11. The van der Waals surface area contributed by atoms with Gasteiger partial charge < -0.3 is 5.73 Å². The number of nitrogens with zero attached hydrogens (tertiary/aromatic N) is 1. The largest absolute Gasteiger partial charge is 0.387 e. The molecule has 0 aliphatic heterocycles. The van der Waals surface area contributed by atoms with Crippen molar-refractivity contribution in [1.82, 2.24) is 0 Å². The molecule has 100 valence electrons. The van der Waals surface area contributed by atoms with Crippen molar-refractivity contribution in [3.05, 3.63) is 54.3 Å². The molecule has 0 spiro atoms. The van der Waals surface area contributed by atoms with Crippen LogP contribution in [0.4, 0.5) is 10.1 Å². The molecule has 1 heterocycles. The van der Waals surface area contributed by atoms with Crippen molar-refractivity contribution in [2.24, 2.45) is 10.7 Å². The van der Waals surface area contributed by atoms with Gasteiger partial charge in [-0.3, -0.25) is 0 Å². The molecule has 0 amide bonds. The fraction of sp³-hybridized carbons (Fsp3) is 0.0625. The molecule has 0 unspecified atom stereocenters. The van der Waals surface area contributed by atoms with Gasteiger partial charge in [-0.15, -0.1) is 11.3 Å². The van der Waals surface area contributed by atoms with Crippen molar-refractivity contribution in [3.63, 3.8) is 0 Å². The second-order valence-electron chi connectivity index (χ2n) is 4.59. The molecule has 20 heavy (non-hydrogen) atoms. The third-order valence-corrected chi connectivity index (χ3v) is 4.10. The van der Waals surface area contributed by atoms with E-state index in [1.165, 1.54) is 16.8 Å². The quantitative estimate of drug-likeness (QED) is 0.537. The molecule has 2 N–H and O–H groups in total. The van der Waals surface area contributed by atoms with E-state index in [4.69, 9.17) is 5.73 Å². The van der Waals surface area contributed by atoms with E-state index in [0.717, 1.165) is 21.5 Å². The molecule has 0 fully saturated rings. The summed E-state index contributed by atoms with van der Waals surface area (Å²) in [5, 5.41) is 1.12. The third-order valence-electron chi connectivity index (χ3n) is 2.93. The average Bonchev–Trinajstić information content (AvgIpc) is 2.81. The van der Waals surface area contributed by atoms with Crippen molar-refractivity contribution < 1.29 is 4.39 Å². The Kier molecular flexibility index (Phi) is 3.24. The highest BCUT2D eigenvalue weighted by molar-refractivity contribution is 7.22. The fourth-order valence-electron chi connectivity index (χ4n) is 2.06. The van der Waals surface area contributed by atoms with Gasteiger partial charge >= 0.3 is 0 Å². The maximum absolute atomic E-state index is 13.0. The summed E-state index contributed by atoms with van der Waals surface area (Å²) in [6, 6.07) is 14.6. The van der Waals surface area contributed by atoms with Gasteiger partial charge in [0.05, 0.1) is 11.5 Å². The van der Waals surface area contributed by atoms with Crippen molar-refractivity contribution >= 4 is 32.9 Å². The van der Waals surface area contributed by atoms with E-state index in [1.807, 2.05) is 18.2 Å². The number of benzene rings is 2. The summed E-state index contributed by atoms with van der Waals surface area (Å²) in [5.74, 6) is 0.322. The van der Waals surface area contributed by atoms with Crippen molar-refractivity contribution in [2.45, 2.75) is 6.92 Å². The molecule has 4 heteroatoms. The lowest BCUT2D eigenvalue weighted by Crippen LogP contribution is -2.03. The number of hydrogen-bond acceptors (Lipinski definition) is 2. The van der Waals surface area contributed by atoms with Gasteiger partial charge in [-0.2, -0.15) is 0 Å². The topological polar surface area (TPSA) is 38.4 Å². The van der Waals surface area contributed by atoms with Crippen LogP contribution in [0.25, 0.3) is 20.5 Å². The molecule has 2 nitrogen and oxygen atoms in total. The molecule has 1 aromatic heterocycles. The Labute approximate surface area is 120 Å². The van der Waals surface area contributed by atoms with Crippen LogP contribution in [0.15, 0.2) is 53.5 Å². The Morgan fingerprint density at radius 3 is 2.55 bits per heavy atom. The van der Waals surface area contributed by atoms with Crippen LogP contribution in [0.1, 0.15) is 6.92 Å². The van der Waals surface area contributed by atoms with Gasteiger partial charge in [-0.1, -0.05) is 12.1 Å². The third kappa shape index (κ3) is 2.56. The maximum Gasteiger partial charge on any atom is 0.123 e. The zero-order chi connectivity index (χ0) is 14.1. The molecule has 0 saturated carbocycles. The first-order valence-corrected chi connectivity index (χ1v) is 7.04. The van der Waals surface area contributed by atoms with E-state index >= 15 is 0 Å². The highest BCUT2D eigenvalue weighted by atomic mass is 32.1. The lowest BCUT2D eigenvalue weighted by molar-refractivity contribution is 0.628. The van der Waals surface area contributed by atoms with Gasteiger partial charge in [0.1, 0.15) is 5.82 Å². The first-order valence-electron chi connectivity index (χ1n) is 6.22. The maximum atomic E-state index is 13.0. The lowest BCUT2D eigenvalue weighted by Gasteiger charge is -1.95. The van der Waals surface area contributed by atoms with Crippen LogP contribution in [-0.4, -0.2) is 5.84 Å². The van der Waals surface area contributed by atoms with E-state index in [-0.39, 0.29) is 5.82 Å². The number of halogens is 1. The molecular formula is C16H13FN2S. The second kappa shape index (κ2) is 5.06. The minimum Gasteiger partial charge on any atom is -0.387 e. The first-order chi connectivity index (χ1) is 9.61. The van der Waals surface area contributed by atoms with Crippen molar-refractivity contribution in [2.75, 3.05) is 0 Å². The molecule has 0 saturated heterocycles. The SMILES string of the molecule is CC(N)=Nc1ccc2sc(-c3ccc(F)cc3)cc2c1. The van der Waals surface area contributed by atoms with Crippen molar-refractivity contribution in [1.29, 1.82) is 0 Å². The monoisotopic (exact) mass is 284 g/mol. The van der Waals surface area contributed by atoms with E-state index < -0.39 is 0 Å². The Hall–Kier alpha value is -2.20. The van der Waals surface area contributed by atoms with Crippen LogP contribution >= 0.6 is 11.3 Å². The zero-order valence-electron chi connectivity index (χ0n) is 10.9. The standard InChI is InChI=1S/C16H13FN2S/c1-10(18)19-14-6-7-15-12(8-14)9-16(20-15)11-2-4-13(17)5-3-11/h2-9H,1H3,(H2,18,19). The van der Waals surface area contributed by atoms with Gasteiger partial charge in [0.15, 0.2) is 0 Å². The Morgan fingerprint density at radius 1 is 1.10 bits per heavy atom. The minimum absolute atomic E-state index is 0.218. The number of rotatable bonds is 2. The zero-order valence-corrected chi connectivity index (χ0v) is 11.7. The number of thiophene rings is 1. The predicted octanol–water partition coefficient (Wildman–Crippen LogP) is 4.72. The molecular weight excluding hydrogens is 271 g/mol. The Balaban J connectivity index is 2.06. The number of aliphatic imine (C=N–C) groups is 1. The Bertz CT molecular complexity index is 784. The molecule has 0 bridgehead atoms. The van der Waals surface area contributed by atoms with Crippen molar-refractivity contribution in [3.8, 4) is 10.4 Å². The van der Waals surface area contributed by atoms with Gasteiger partial charge in [0.2, 0.25) is 0 Å². The van der Waals surface area contributed by atoms with Crippen LogP contribution in [0.3, 0.4) is 0 Å². The van der Waals surface area contributed by atoms with Gasteiger partial charge in [-0.25, -0.2) is 9.38 Å². The number of nitrogens with two attached hydrogens (primary N) is 1. The summed E-state index contributed by atoms with van der Waals surface area (Å²) >= 11 is 1.68. The Morgan fingerprint density at radius 2 is 1.85 bits per heavy atom. The highest BCUT2D eigenvalue weighted by Gasteiger charge is 2.05. The van der Waals surface area contributed by atoms with Gasteiger partial charge in [0, 0.05) is 9.58 Å². The van der Waals surface area contributed by atoms with Gasteiger partial charge in [0.25, 0.3) is 0 Å². The normalized spacial score (nSPS) is 12.0. The van der Waals surface area contributed by atoms with Crippen LogP contribution in [-0.2, 0) is 0 Å². The predicted molar refractivity (Wildman–Crippen MR) is 84.2 cm³/mol. The number of amidine groups is 1. The molecule has 0 aliphatic carbocycles. The average molecular weight is 284 g/mol. The summed E-state index contributed by atoms with van der Waals surface area (Å²) in [4.78, 5) is 5.37. The minimum atomic E-state index is -0.218. The van der Waals surface area contributed by atoms with E-state index in [9.17, 15) is 4.39 Å². The smallest absolute Gasteiger partial charge is 0.123 e. The molecule has 0 radical (unpaired) electrons. The number of hydrogen-bond donors (Lipinski definition) is 1. The van der Waals surface area contributed by atoms with E-state index in [1.54, 1.807) is 30.4 Å². The van der Waals surface area contributed by atoms with Crippen LogP contribution in [0.5, 0.6) is 0 Å². The van der Waals surface area contributed by atoms with Gasteiger partial charge in [-0.05, 0) is 54.3 Å². The summed E-state index contributed by atoms with van der Waals surface area (Å²) in [7, 11) is 0. The molecule has 2 aromatic carbocycles. The van der Waals surface area contributed by atoms with Crippen LogP contribution in [0, 0.1) is 5.82 Å². The highest BCUT2D eigenvalue weighted by Crippen LogP contribution is 2.35. The van der Waals surface area contributed by atoms with E-state index in [0.29, 0.717) is 5.84 Å². The first kappa shape index (κ1) is 12.8. The summed E-state index contributed by atoms with van der Waals surface area (Å²) in [6.45, 7) is 1.77. The molecule has 3 rings (SSSR count). The summed E-state index contributed by atoms with van der Waals surface area (Å²) in [5.41, 5.74) is 7.47. The molecule has 0 atom stereocenters. The van der Waals surface area contributed by atoms with Crippen LogP contribution in [0.2, 0.25) is 0 Å². The summed E-state index contributed by atoms with van der Waals surface area (Å²) in [6.07, 6.45) is 0. The lowest BCUT2D eigenvalue weighted by atomic mass is 10.1. The van der Waals surface area contributed by atoms with E-state index in [2.05, 4.69) is 11.1 Å².